The van der Waals surface area contributed by atoms with Crippen molar-refractivity contribution in [3.63, 3.8) is 0 Å². The van der Waals surface area contributed by atoms with Crippen LogP contribution in [0.25, 0.3) is 10.9 Å². The smallest absolute Gasteiger partial charge is 0.410 e. The molecule has 0 bridgehead atoms. The lowest BCUT2D eigenvalue weighted by molar-refractivity contribution is -0.0193. The van der Waals surface area contributed by atoms with Crippen molar-refractivity contribution in [2.75, 3.05) is 26.8 Å². The molecule has 186 valence electrons. The zero-order chi connectivity index (χ0) is 24.6. The van der Waals surface area contributed by atoms with Crippen molar-refractivity contribution in [2.45, 2.75) is 38.4 Å². The van der Waals surface area contributed by atoms with E-state index in [1.165, 1.54) is 5.56 Å². The number of hydrogen-bond donors (Lipinski definition) is 2. The fourth-order valence-corrected chi connectivity index (χ4v) is 5.02. The first-order chi connectivity index (χ1) is 17.1. The number of fused-ring (bicyclic) bond motifs is 1. The number of aliphatic hydroxyl groups is 2. The summed E-state index contributed by atoms with van der Waals surface area (Å²) in [5.74, 6) is 0.842. The summed E-state index contributed by atoms with van der Waals surface area (Å²) in [5, 5.41) is 21.3. The number of piperidine rings is 1. The van der Waals surface area contributed by atoms with E-state index in [1.807, 2.05) is 60.8 Å². The lowest BCUT2D eigenvalue weighted by atomic mass is 9.78. The average molecular weight is 479 g/mol. The van der Waals surface area contributed by atoms with E-state index in [2.05, 4.69) is 4.98 Å². The van der Waals surface area contributed by atoms with Crippen LogP contribution in [0.4, 0.5) is 4.79 Å². The molecule has 4 rings (SSSR count). The molecule has 0 aliphatic carbocycles. The minimum Gasteiger partial charge on any atom is -0.497 e. The number of aromatic nitrogens is 1. The molecule has 1 saturated heterocycles. The number of pyridine rings is 1. The highest BCUT2D eigenvalue weighted by Crippen LogP contribution is 2.32. The highest BCUT2D eigenvalue weighted by atomic mass is 16.6. The van der Waals surface area contributed by atoms with Gasteiger partial charge in [0.1, 0.15) is 12.4 Å². The molecule has 3 aromatic rings. The first-order valence-corrected chi connectivity index (χ1v) is 12.2. The molecule has 2 N–H and O–H groups in total. The van der Waals surface area contributed by atoms with Gasteiger partial charge in [-0.15, -0.1) is 0 Å². The normalized spacial score (nSPS) is 18.9. The molecule has 1 aliphatic heterocycles. The van der Waals surface area contributed by atoms with Crippen molar-refractivity contribution in [2.24, 2.45) is 11.8 Å². The number of hydrogen-bond acceptors (Lipinski definition) is 6. The standard InChI is InChI=1S/C28H34N2O5/c1-34-23-10-11-26-24(16-23)21(12-14-29-26)8-5-9-22-13-15-30(17-25(22)27(32)18-31)28(33)35-19-20-6-3-2-4-7-20/h2-4,6-7,10-12,14,16,22,25,27,31-32H,5,8-9,13,15,17-19H2,1H3/t22?,25-,27+/m1/s1. The minimum absolute atomic E-state index is 0.188. The Bertz CT molecular complexity index is 1110. The molecule has 0 radical (unpaired) electrons. The number of amides is 1. The summed E-state index contributed by atoms with van der Waals surface area (Å²) in [6.07, 6.45) is 4.09. The summed E-state index contributed by atoms with van der Waals surface area (Å²) in [6, 6.07) is 17.5. The van der Waals surface area contributed by atoms with Gasteiger partial charge in [-0.05, 0) is 67.0 Å². The van der Waals surface area contributed by atoms with Crippen molar-refractivity contribution in [3.05, 3.63) is 71.9 Å². The number of aryl methyl sites for hydroxylation is 1. The lowest BCUT2D eigenvalue weighted by Gasteiger charge is -2.40. The van der Waals surface area contributed by atoms with Crippen molar-refractivity contribution in [1.29, 1.82) is 0 Å². The zero-order valence-corrected chi connectivity index (χ0v) is 20.2. The number of nitrogens with zero attached hydrogens (tertiary/aromatic N) is 2. The van der Waals surface area contributed by atoms with Gasteiger partial charge in [0.25, 0.3) is 0 Å². The van der Waals surface area contributed by atoms with Gasteiger partial charge in [-0.25, -0.2) is 4.79 Å². The van der Waals surface area contributed by atoms with Gasteiger partial charge in [0.05, 0.1) is 25.3 Å². The molecule has 2 aromatic carbocycles. The Labute approximate surface area is 206 Å². The molecule has 0 saturated carbocycles. The molecule has 35 heavy (non-hydrogen) atoms. The van der Waals surface area contributed by atoms with Crippen LogP contribution in [0, 0.1) is 11.8 Å². The van der Waals surface area contributed by atoms with E-state index >= 15 is 0 Å². The van der Waals surface area contributed by atoms with E-state index in [-0.39, 0.29) is 31.1 Å². The Hall–Kier alpha value is -3.16. The van der Waals surface area contributed by atoms with Crippen LogP contribution in [-0.4, -0.2) is 59.1 Å². The third kappa shape index (κ3) is 6.29. The maximum absolute atomic E-state index is 12.7. The number of carbonyl (C=O) groups is 1. The van der Waals surface area contributed by atoms with Crippen molar-refractivity contribution >= 4 is 17.0 Å². The summed E-state index contributed by atoms with van der Waals surface area (Å²) in [5.41, 5.74) is 3.10. The van der Waals surface area contributed by atoms with Crippen LogP contribution in [0.1, 0.15) is 30.4 Å². The second kappa shape index (κ2) is 12.0. The highest BCUT2D eigenvalue weighted by Gasteiger charge is 2.35. The van der Waals surface area contributed by atoms with Crippen LogP contribution >= 0.6 is 0 Å². The quantitative estimate of drug-likeness (QED) is 0.479. The SMILES string of the molecule is COc1ccc2nccc(CCCC3CCN(C(=O)OCc4ccccc4)C[C@H]3[C@@H](O)CO)c2c1. The molecule has 0 spiro atoms. The molecule has 1 amide bonds. The number of rotatable bonds is 9. The summed E-state index contributed by atoms with van der Waals surface area (Å²) >= 11 is 0. The Morgan fingerprint density at radius 1 is 1.20 bits per heavy atom. The minimum atomic E-state index is -0.865. The third-order valence-electron chi connectivity index (χ3n) is 7.01. The van der Waals surface area contributed by atoms with E-state index in [0.717, 1.165) is 47.9 Å². The second-order valence-electron chi connectivity index (χ2n) is 9.19. The summed E-state index contributed by atoms with van der Waals surface area (Å²) in [4.78, 5) is 18.8. The maximum Gasteiger partial charge on any atom is 0.410 e. The molecular weight excluding hydrogens is 444 g/mol. The molecule has 2 heterocycles. The van der Waals surface area contributed by atoms with Gasteiger partial charge in [-0.2, -0.15) is 0 Å². The first kappa shape index (κ1) is 24.9. The van der Waals surface area contributed by atoms with Crippen LogP contribution in [0.5, 0.6) is 5.75 Å². The number of ether oxygens (including phenoxy) is 2. The Morgan fingerprint density at radius 2 is 2.03 bits per heavy atom. The second-order valence-corrected chi connectivity index (χ2v) is 9.19. The topological polar surface area (TPSA) is 92.1 Å². The van der Waals surface area contributed by atoms with Gasteiger partial charge in [-0.1, -0.05) is 30.3 Å². The van der Waals surface area contributed by atoms with Gasteiger partial charge < -0.3 is 24.6 Å². The Morgan fingerprint density at radius 3 is 2.80 bits per heavy atom. The average Bonchev–Trinajstić information content (AvgIpc) is 2.91. The van der Waals surface area contributed by atoms with E-state index in [4.69, 9.17) is 9.47 Å². The molecule has 1 aromatic heterocycles. The van der Waals surface area contributed by atoms with Crippen LogP contribution in [0.2, 0.25) is 0 Å². The monoisotopic (exact) mass is 478 g/mol. The number of methoxy groups -OCH3 is 1. The van der Waals surface area contributed by atoms with E-state index in [9.17, 15) is 15.0 Å². The van der Waals surface area contributed by atoms with Crippen LogP contribution in [-0.2, 0) is 17.8 Å². The van der Waals surface area contributed by atoms with Gasteiger partial charge in [0.2, 0.25) is 0 Å². The molecule has 1 aliphatic rings. The maximum atomic E-state index is 12.7. The predicted octanol–water partition coefficient (Wildman–Crippen LogP) is 4.19. The highest BCUT2D eigenvalue weighted by molar-refractivity contribution is 5.83. The van der Waals surface area contributed by atoms with Crippen molar-refractivity contribution in [1.82, 2.24) is 9.88 Å². The Kier molecular flexibility index (Phi) is 8.55. The van der Waals surface area contributed by atoms with Crippen LogP contribution in [0.3, 0.4) is 0 Å². The van der Waals surface area contributed by atoms with Gasteiger partial charge in [0, 0.05) is 30.6 Å². The fourth-order valence-electron chi connectivity index (χ4n) is 5.02. The number of likely N-dealkylation sites (tertiary alicyclic amines) is 1. The van der Waals surface area contributed by atoms with Gasteiger partial charge in [0.15, 0.2) is 0 Å². The molecule has 1 fully saturated rings. The van der Waals surface area contributed by atoms with E-state index < -0.39 is 6.10 Å². The first-order valence-electron chi connectivity index (χ1n) is 12.2. The molecular formula is C28H34N2O5. The summed E-state index contributed by atoms with van der Waals surface area (Å²) < 4.78 is 10.9. The largest absolute Gasteiger partial charge is 0.497 e. The third-order valence-corrected chi connectivity index (χ3v) is 7.01. The van der Waals surface area contributed by atoms with E-state index in [1.54, 1.807) is 12.0 Å². The zero-order valence-electron chi connectivity index (χ0n) is 20.2. The number of benzene rings is 2. The lowest BCUT2D eigenvalue weighted by Crippen LogP contribution is -2.48. The number of aliphatic hydroxyl groups excluding tert-OH is 2. The molecule has 3 atom stereocenters. The Balaban J connectivity index is 1.35. The summed E-state index contributed by atoms with van der Waals surface area (Å²) in [7, 11) is 1.66. The molecule has 1 unspecified atom stereocenters. The molecule has 7 heteroatoms. The predicted molar refractivity (Wildman–Crippen MR) is 134 cm³/mol. The fraction of sp³-hybridized carbons (Fsp3) is 0.429. The summed E-state index contributed by atoms with van der Waals surface area (Å²) in [6.45, 7) is 0.873. The number of carbonyl (C=O) groups excluding carboxylic acids is 1. The van der Waals surface area contributed by atoms with Crippen LogP contribution in [0.15, 0.2) is 60.8 Å². The van der Waals surface area contributed by atoms with Crippen molar-refractivity contribution in [3.8, 4) is 5.75 Å². The van der Waals surface area contributed by atoms with Gasteiger partial charge >= 0.3 is 6.09 Å². The van der Waals surface area contributed by atoms with Crippen molar-refractivity contribution < 1.29 is 24.5 Å². The molecule has 7 nitrogen and oxygen atoms in total. The van der Waals surface area contributed by atoms with Gasteiger partial charge in [-0.3, -0.25) is 4.98 Å². The van der Waals surface area contributed by atoms with Crippen LogP contribution < -0.4 is 4.74 Å². The van der Waals surface area contributed by atoms with E-state index in [0.29, 0.717) is 13.1 Å².